The van der Waals surface area contributed by atoms with E-state index in [0.29, 0.717) is 23.7 Å². The van der Waals surface area contributed by atoms with Crippen LogP contribution in [-0.2, 0) is 20.6 Å². The van der Waals surface area contributed by atoms with Gasteiger partial charge in [-0.25, -0.2) is 4.79 Å². The van der Waals surface area contributed by atoms with E-state index < -0.39 is 11.8 Å². The summed E-state index contributed by atoms with van der Waals surface area (Å²) in [6, 6.07) is 9.36. The zero-order valence-electron chi connectivity index (χ0n) is 14.4. The van der Waals surface area contributed by atoms with E-state index in [-0.39, 0.29) is 12.1 Å². The van der Waals surface area contributed by atoms with E-state index in [1.165, 1.54) is 9.13 Å². The van der Waals surface area contributed by atoms with Crippen LogP contribution in [-0.4, -0.2) is 36.4 Å². The molecule has 0 saturated carbocycles. The topological polar surface area (TPSA) is 94.1 Å². The Morgan fingerprint density at radius 3 is 2.48 bits per heavy atom. The molecular formula is C17H21N5O3. The van der Waals surface area contributed by atoms with Crippen molar-refractivity contribution in [1.82, 2.24) is 18.7 Å². The van der Waals surface area contributed by atoms with Crippen LogP contribution in [0.3, 0.4) is 0 Å². The lowest BCUT2D eigenvalue weighted by atomic mass is 10.2. The first kappa shape index (κ1) is 17.0. The zero-order chi connectivity index (χ0) is 18.1. The summed E-state index contributed by atoms with van der Waals surface area (Å²) in [5, 5.41) is 12.4. The number of fused-ring (bicyclic) bond motifs is 1. The average molecular weight is 343 g/mol. The Hall–Kier alpha value is -2.87. The number of nitrogens with one attached hydrogen (secondary N) is 1. The molecule has 0 spiro atoms. The fourth-order valence-corrected chi connectivity index (χ4v) is 2.75. The number of rotatable bonds is 5. The molecule has 0 aliphatic heterocycles. The fraction of sp³-hybridized carbons (Fsp3) is 0.353. The van der Waals surface area contributed by atoms with Gasteiger partial charge in [0.05, 0.1) is 12.6 Å². The third-order valence-corrected chi connectivity index (χ3v) is 4.10. The van der Waals surface area contributed by atoms with E-state index in [1.807, 2.05) is 30.3 Å². The third-order valence-electron chi connectivity index (χ3n) is 4.10. The van der Waals surface area contributed by atoms with E-state index in [1.54, 1.807) is 25.6 Å². The Labute approximate surface area is 144 Å². The number of hydrogen-bond donors (Lipinski definition) is 2. The molecule has 0 amide bonds. The number of aliphatic hydroxyl groups is 1. The van der Waals surface area contributed by atoms with Gasteiger partial charge in [-0.3, -0.25) is 13.9 Å². The molecule has 3 aromatic rings. The van der Waals surface area contributed by atoms with Gasteiger partial charge < -0.3 is 15.0 Å². The second-order valence-corrected chi connectivity index (χ2v) is 6.12. The van der Waals surface area contributed by atoms with Gasteiger partial charge >= 0.3 is 5.69 Å². The number of aliphatic hydroxyl groups excluding tert-OH is 1. The highest BCUT2D eigenvalue weighted by Crippen LogP contribution is 2.13. The molecule has 0 aliphatic rings. The van der Waals surface area contributed by atoms with Crippen LogP contribution in [0.5, 0.6) is 0 Å². The van der Waals surface area contributed by atoms with Crippen molar-refractivity contribution in [3.05, 3.63) is 56.7 Å². The van der Waals surface area contributed by atoms with Crippen LogP contribution in [0.4, 0.5) is 5.95 Å². The summed E-state index contributed by atoms with van der Waals surface area (Å²) in [5.41, 5.74) is 0.722. The summed E-state index contributed by atoms with van der Waals surface area (Å²) in [5.74, 6) is 0.431. The summed E-state index contributed by atoms with van der Waals surface area (Å²) >= 11 is 0. The standard InChI is InChI=1S/C17H21N5O3/c1-11(23)9-18-16-19-14-13(20(16)2)15(24)22(17(25)21(14)3)10-12-7-5-4-6-8-12/h4-8,11,23H,9-10H2,1-3H3,(H,18,19)/t11-/m1/s1. The van der Waals surface area contributed by atoms with E-state index in [0.717, 1.165) is 5.56 Å². The van der Waals surface area contributed by atoms with Gasteiger partial charge in [0, 0.05) is 20.6 Å². The van der Waals surface area contributed by atoms with Crippen molar-refractivity contribution < 1.29 is 5.11 Å². The van der Waals surface area contributed by atoms with Crippen LogP contribution in [0.1, 0.15) is 12.5 Å². The first-order valence-electron chi connectivity index (χ1n) is 8.02. The van der Waals surface area contributed by atoms with E-state index in [4.69, 9.17) is 0 Å². The van der Waals surface area contributed by atoms with Crippen molar-refractivity contribution in [3.63, 3.8) is 0 Å². The minimum Gasteiger partial charge on any atom is -0.392 e. The summed E-state index contributed by atoms with van der Waals surface area (Å²) in [6.45, 7) is 2.14. The van der Waals surface area contributed by atoms with Gasteiger partial charge in [0.2, 0.25) is 5.95 Å². The van der Waals surface area contributed by atoms with Gasteiger partial charge in [-0.15, -0.1) is 0 Å². The second kappa shape index (κ2) is 6.56. The first-order chi connectivity index (χ1) is 11.9. The maximum absolute atomic E-state index is 12.9. The molecule has 2 N–H and O–H groups in total. The van der Waals surface area contributed by atoms with Gasteiger partial charge in [-0.1, -0.05) is 30.3 Å². The summed E-state index contributed by atoms with van der Waals surface area (Å²) < 4.78 is 4.19. The van der Waals surface area contributed by atoms with Crippen molar-refractivity contribution >= 4 is 17.1 Å². The minimum absolute atomic E-state index is 0.198. The number of nitrogens with zero attached hydrogens (tertiary/aromatic N) is 4. The molecule has 1 atom stereocenters. The van der Waals surface area contributed by atoms with E-state index in [9.17, 15) is 14.7 Å². The lowest BCUT2D eigenvalue weighted by Gasteiger charge is -2.09. The average Bonchev–Trinajstić information content (AvgIpc) is 2.93. The van der Waals surface area contributed by atoms with Crippen LogP contribution in [0, 0.1) is 0 Å². The van der Waals surface area contributed by atoms with Crippen molar-refractivity contribution in [3.8, 4) is 0 Å². The Morgan fingerprint density at radius 1 is 1.16 bits per heavy atom. The molecule has 132 valence electrons. The molecule has 2 heterocycles. The lowest BCUT2D eigenvalue weighted by Crippen LogP contribution is -2.39. The van der Waals surface area contributed by atoms with Crippen molar-refractivity contribution in [1.29, 1.82) is 0 Å². The highest BCUT2D eigenvalue weighted by molar-refractivity contribution is 5.74. The molecule has 0 radical (unpaired) electrons. The Kier molecular flexibility index (Phi) is 4.45. The first-order valence-corrected chi connectivity index (χ1v) is 8.02. The molecule has 25 heavy (non-hydrogen) atoms. The monoisotopic (exact) mass is 343 g/mol. The van der Waals surface area contributed by atoms with Crippen molar-refractivity contribution in [2.75, 3.05) is 11.9 Å². The molecule has 0 bridgehead atoms. The molecule has 0 unspecified atom stereocenters. The molecule has 8 heteroatoms. The Bertz CT molecular complexity index is 1010. The van der Waals surface area contributed by atoms with Crippen LogP contribution in [0.2, 0.25) is 0 Å². The molecule has 0 aliphatic carbocycles. The van der Waals surface area contributed by atoms with Crippen LogP contribution in [0.15, 0.2) is 39.9 Å². The molecule has 8 nitrogen and oxygen atoms in total. The van der Waals surface area contributed by atoms with Gasteiger partial charge in [0.15, 0.2) is 11.2 Å². The normalized spacial score (nSPS) is 12.5. The maximum atomic E-state index is 12.9. The van der Waals surface area contributed by atoms with Gasteiger partial charge in [-0.05, 0) is 12.5 Å². The minimum atomic E-state index is -0.557. The van der Waals surface area contributed by atoms with Crippen LogP contribution in [0.25, 0.3) is 11.2 Å². The number of benzene rings is 1. The molecule has 0 saturated heterocycles. The highest BCUT2D eigenvalue weighted by atomic mass is 16.3. The third kappa shape index (κ3) is 3.08. The number of aromatic nitrogens is 4. The Morgan fingerprint density at radius 2 is 1.84 bits per heavy atom. The number of aryl methyl sites for hydroxylation is 2. The molecule has 3 rings (SSSR count). The number of imidazole rings is 1. The second-order valence-electron chi connectivity index (χ2n) is 6.12. The number of hydrogen-bond acceptors (Lipinski definition) is 5. The summed E-state index contributed by atoms with van der Waals surface area (Å²) in [6.07, 6.45) is -0.557. The van der Waals surface area contributed by atoms with E-state index in [2.05, 4.69) is 10.3 Å². The van der Waals surface area contributed by atoms with Crippen LogP contribution >= 0.6 is 0 Å². The quantitative estimate of drug-likeness (QED) is 0.694. The van der Waals surface area contributed by atoms with Gasteiger partial charge in [-0.2, -0.15) is 4.98 Å². The fourth-order valence-electron chi connectivity index (χ4n) is 2.75. The smallest absolute Gasteiger partial charge is 0.332 e. The molecular weight excluding hydrogens is 322 g/mol. The van der Waals surface area contributed by atoms with Gasteiger partial charge in [0.1, 0.15) is 0 Å². The molecule has 2 aromatic heterocycles. The van der Waals surface area contributed by atoms with Crippen molar-refractivity contribution in [2.24, 2.45) is 14.1 Å². The maximum Gasteiger partial charge on any atom is 0.332 e. The van der Waals surface area contributed by atoms with E-state index >= 15 is 0 Å². The molecule has 0 fully saturated rings. The summed E-state index contributed by atoms with van der Waals surface area (Å²) in [4.78, 5) is 29.8. The van der Waals surface area contributed by atoms with Crippen LogP contribution < -0.4 is 16.6 Å². The number of anilines is 1. The molecule has 1 aromatic carbocycles. The predicted octanol–water partition coefficient (Wildman–Crippen LogP) is 0.275. The zero-order valence-corrected chi connectivity index (χ0v) is 14.4. The van der Waals surface area contributed by atoms with Crippen molar-refractivity contribution in [2.45, 2.75) is 19.6 Å². The largest absolute Gasteiger partial charge is 0.392 e. The lowest BCUT2D eigenvalue weighted by molar-refractivity contribution is 0.208. The SMILES string of the molecule is C[C@@H](O)CNc1nc2c(c(=O)n(Cc3ccccc3)c(=O)n2C)n1C. The summed E-state index contributed by atoms with van der Waals surface area (Å²) in [7, 11) is 3.30. The highest BCUT2D eigenvalue weighted by Gasteiger charge is 2.18. The van der Waals surface area contributed by atoms with Gasteiger partial charge in [0.25, 0.3) is 5.56 Å². The predicted molar refractivity (Wildman–Crippen MR) is 95.9 cm³/mol. The Balaban J connectivity index is 2.15.